The summed E-state index contributed by atoms with van der Waals surface area (Å²) in [7, 11) is -3.57. The lowest BCUT2D eigenvalue weighted by atomic mass is 9.93. The van der Waals surface area contributed by atoms with Crippen molar-refractivity contribution in [3.8, 4) is 11.8 Å². The summed E-state index contributed by atoms with van der Waals surface area (Å²) in [5, 5.41) is 14.1. The Morgan fingerprint density at radius 3 is 2.06 bits per heavy atom. The number of ketones is 1. The summed E-state index contributed by atoms with van der Waals surface area (Å²) in [5.74, 6) is -1.36. The minimum absolute atomic E-state index is 0.153. The molecule has 2 amide bonds. The van der Waals surface area contributed by atoms with Gasteiger partial charge in [-0.1, -0.05) is 49.2 Å². The molecular weight excluding hydrogens is 704 g/mol. The molecule has 14 heteroatoms. The van der Waals surface area contributed by atoms with Crippen LogP contribution in [-0.4, -0.2) is 49.4 Å². The summed E-state index contributed by atoms with van der Waals surface area (Å²) < 4.78 is 43.4. The highest BCUT2D eigenvalue weighted by molar-refractivity contribution is 7.91. The van der Waals surface area contributed by atoms with Crippen LogP contribution in [0.3, 0.4) is 0 Å². The maximum Gasteiger partial charge on any atom is 0.412 e. The molecule has 2 unspecified atom stereocenters. The first kappa shape index (κ1) is 40.5. The standard InChI is InChI=1S/C20H21FN2O4S.C14H16Cl3NO2/c1-3-18(23-20(24)27-19-10-8-17(21)9-11-19)13-28(25,26)14(2)16-6-4-15(12-22)5-7-16;1-4-14(3,12(19)7-15)18-13(20)9-5-10(16)8(2)11(17)6-9/h4-11,14,18H,3,13H2,1-2H3,(H,23,24);5-6H,4,7H2,1-3H3,(H,18,20)/t14?,18-;/m0./s1. The van der Waals surface area contributed by atoms with E-state index in [4.69, 9.17) is 44.8 Å². The Morgan fingerprint density at radius 2 is 1.58 bits per heavy atom. The summed E-state index contributed by atoms with van der Waals surface area (Å²) in [6.45, 7) is 8.54. The first-order valence-corrected chi connectivity index (χ1v) is 17.8. The van der Waals surface area contributed by atoms with E-state index in [0.717, 1.165) is 12.1 Å². The zero-order valence-corrected chi connectivity index (χ0v) is 30.2. The lowest BCUT2D eigenvalue weighted by Crippen LogP contribution is -2.52. The van der Waals surface area contributed by atoms with Crippen molar-refractivity contribution in [1.29, 1.82) is 5.26 Å². The highest BCUT2D eigenvalue weighted by Crippen LogP contribution is 2.26. The van der Waals surface area contributed by atoms with E-state index in [1.54, 1.807) is 58.9 Å². The number of amides is 2. The number of carbonyl (C=O) groups excluding carboxylic acids is 3. The molecule has 0 spiro atoms. The van der Waals surface area contributed by atoms with E-state index in [-0.39, 0.29) is 23.2 Å². The van der Waals surface area contributed by atoms with Gasteiger partial charge in [-0.25, -0.2) is 17.6 Å². The second-order valence-electron chi connectivity index (χ2n) is 11.1. The molecule has 2 N–H and O–H groups in total. The SMILES string of the molecule is CCC(C)(NC(=O)c1cc(Cl)c(C)c(Cl)c1)C(=O)CCl.CC[C@@H](CS(=O)(=O)C(C)c1ccc(C#N)cc1)NC(=O)Oc1ccc(F)cc1. The summed E-state index contributed by atoms with van der Waals surface area (Å²) in [5.41, 5.74) is 1.04. The van der Waals surface area contributed by atoms with E-state index < -0.39 is 44.5 Å². The van der Waals surface area contributed by atoms with Crippen LogP contribution in [0.4, 0.5) is 9.18 Å². The van der Waals surface area contributed by atoms with Gasteiger partial charge in [-0.3, -0.25) is 9.59 Å². The largest absolute Gasteiger partial charge is 0.412 e. The van der Waals surface area contributed by atoms with E-state index in [9.17, 15) is 27.2 Å². The molecule has 0 heterocycles. The topological polar surface area (TPSA) is 142 Å². The van der Waals surface area contributed by atoms with Crippen molar-refractivity contribution in [3.05, 3.63) is 98.8 Å². The predicted molar refractivity (Wildman–Crippen MR) is 186 cm³/mol. The number of nitriles is 1. The van der Waals surface area contributed by atoms with Gasteiger partial charge >= 0.3 is 6.09 Å². The third kappa shape index (κ3) is 11.5. The van der Waals surface area contributed by atoms with E-state index in [1.165, 1.54) is 24.3 Å². The lowest BCUT2D eigenvalue weighted by molar-refractivity contribution is -0.122. The third-order valence-corrected chi connectivity index (χ3v) is 10.9. The number of nitrogens with one attached hydrogen (secondary N) is 2. The van der Waals surface area contributed by atoms with Crippen LogP contribution in [0.1, 0.15) is 72.8 Å². The Labute approximate surface area is 295 Å². The number of benzene rings is 3. The van der Waals surface area contributed by atoms with Gasteiger partial charge in [-0.05, 0) is 93.3 Å². The molecule has 3 aromatic rings. The number of alkyl halides is 1. The molecule has 48 heavy (non-hydrogen) atoms. The van der Waals surface area contributed by atoms with Crippen molar-refractivity contribution in [1.82, 2.24) is 10.6 Å². The fraction of sp³-hybridized carbons (Fsp3) is 0.353. The Balaban J connectivity index is 0.000000353. The molecule has 0 saturated heterocycles. The van der Waals surface area contributed by atoms with Crippen LogP contribution in [0.25, 0.3) is 0 Å². The van der Waals surface area contributed by atoms with Crippen LogP contribution in [-0.2, 0) is 14.6 Å². The normalized spacial score (nSPS) is 13.4. The number of ether oxygens (including phenoxy) is 1. The average molecular weight is 741 g/mol. The molecule has 9 nitrogen and oxygen atoms in total. The maximum absolute atomic E-state index is 12.9. The Kier molecular flexibility index (Phi) is 15.3. The van der Waals surface area contributed by atoms with Gasteiger partial charge in [0.05, 0.1) is 34.1 Å². The zero-order chi connectivity index (χ0) is 36.2. The van der Waals surface area contributed by atoms with Crippen LogP contribution in [0.5, 0.6) is 5.75 Å². The number of nitrogens with zero attached hydrogens (tertiary/aromatic N) is 1. The van der Waals surface area contributed by atoms with Gasteiger partial charge in [0.25, 0.3) is 5.91 Å². The summed E-state index contributed by atoms with van der Waals surface area (Å²) >= 11 is 17.6. The summed E-state index contributed by atoms with van der Waals surface area (Å²) in [6, 6.07) is 15.7. The molecule has 0 aliphatic heterocycles. The van der Waals surface area contributed by atoms with Crippen LogP contribution >= 0.6 is 34.8 Å². The van der Waals surface area contributed by atoms with Crippen molar-refractivity contribution in [2.45, 2.75) is 64.3 Å². The Morgan fingerprint density at radius 1 is 1.02 bits per heavy atom. The van der Waals surface area contributed by atoms with Gasteiger partial charge in [-0.15, -0.1) is 11.6 Å². The number of rotatable bonds is 12. The van der Waals surface area contributed by atoms with E-state index in [0.29, 0.717) is 45.1 Å². The van der Waals surface area contributed by atoms with Crippen molar-refractivity contribution >= 4 is 62.4 Å². The number of hydrogen-bond donors (Lipinski definition) is 2. The van der Waals surface area contributed by atoms with Crippen LogP contribution < -0.4 is 15.4 Å². The van der Waals surface area contributed by atoms with E-state index in [2.05, 4.69) is 10.6 Å². The van der Waals surface area contributed by atoms with Crippen LogP contribution in [0, 0.1) is 24.1 Å². The highest BCUT2D eigenvalue weighted by atomic mass is 35.5. The van der Waals surface area contributed by atoms with E-state index >= 15 is 0 Å². The molecule has 0 fully saturated rings. The molecule has 0 saturated carbocycles. The van der Waals surface area contributed by atoms with Crippen LogP contribution in [0.15, 0.2) is 60.7 Å². The van der Waals surface area contributed by atoms with Crippen molar-refractivity contribution < 1.29 is 31.9 Å². The number of carbonyl (C=O) groups is 3. The predicted octanol–water partition coefficient (Wildman–Crippen LogP) is 7.75. The smallest absolute Gasteiger partial charge is 0.410 e. The lowest BCUT2D eigenvalue weighted by Gasteiger charge is -2.27. The number of sulfone groups is 1. The minimum Gasteiger partial charge on any atom is -0.410 e. The highest BCUT2D eigenvalue weighted by Gasteiger charge is 2.32. The van der Waals surface area contributed by atoms with Crippen molar-refractivity contribution in [2.24, 2.45) is 0 Å². The summed E-state index contributed by atoms with van der Waals surface area (Å²) in [6.07, 6.45) is 0.0230. The summed E-state index contributed by atoms with van der Waals surface area (Å²) in [4.78, 5) is 36.1. The molecule has 258 valence electrons. The maximum atomic E-state index is 12.9. The molecule has 3 rings (SSSR count). The zero-order valence-electron chi connectivity index (χ0n) is 27.1. The fourth-order valence-corrected chi connectivity index (χ4v) is 6.65. The molecule has 0 bridgehead atoms. The molecule has 0 aromatic heterocycles. The monoisotopic (exact) mass is 739 g/mol. The number of Topliss-reactive ketones (excluding diaryl/α,β-unsaturated/α-hetero) is 1. The van der Waals surface area contributed by atoms with Gasteiger partial charge in [-0.2, -0.15) is 5.26 Å². The first-order valence-electron chi connectivity index (χ1n) is 14.8. The van der Waals surface area contributed by atoms with Gasteiger partial charge in [0, 0.05) is 21.7 Å². The molecular formula is C34H37Cl3FN3O6S. The minimum atomic E-state index is -3.57. The van der Waals surface area contributed by atoms with Crippen molar-refractivity contribution in [3.63, 3.8) is 0 Å². The number of hydrogen-bond acceptors (Lipinski definition) is 7. The second-order valence-corrected chi connectivity index (χ2v) is 14.5. The van der Waals surface area contributed by atoms with Crippen LogP contribution in [0.2, 0.25) is 10.0 Å². The van der Waals surface area contributed by atoms with Gasteiger partial charge in [0.1, 0.15) is 11.6 Å². The average Bonchev–Trinajstić information content (AvgIpc) is 3.06. The quantitative estimate of drug-likeness (QED) is 0.181. The van der Waals surface area contributed by atoms with E-state index in [1.807, 2.05) is 6.07 Å². The Bertz CT molecular complexity index is 1730. The van der Waals surface area contributed by atoms with Gasteiger partial charge in [0.15, 0.2) is 15.6 Å². The molecule has 3 atom stereocenters. The third-order valence-electron chi connectivity index (χ3n) is 7.70. The van der Waals surface area contributed by atoms with Gasteiger partial charge < -0.3 is 15.4 Å². The second kappa shape index (κ2) is 18.2. The number of halogens is 4. The molecule has 0 aliphatic carbocycles. The van der Waals surface area contributed by atoms with Crippen molar-refractivity contribution in [2.75, 3.05) is 11.6 Å². The molecule has 0 radical (unpaired) electrons. The van der Waals surface area contributed by atoms with Gasteiger partial charge in [0.2, 0.25) is 0 Å². The fourth-order valence-electron chi connectivity index (χ4n) is 4.13. The molecule has 3 aromatic carbocycles. The first-order chi connectivity index (χ1) is 22.5. The molecule has 0 aliphatic rings. The Hall–Kier alpha value is -3.69.